The summed E-state index contributed by atoms with van der Waals surface area (Å²) in [5, 5.41) is 0. The Kier molecular flexibility index (Phi) is 5.11. The van der Waals surface area contributed by atoms with E-state index in [1.807, 2.05) is 0 Å². The normalized spacial score (nSPS) is 33.6. The second-order valence-electron chi connectivity index (χ2n) is 5.96. The molecule has 1 saturated heterocycles. The zero-order chi connectivity index (χ0) is 11.3. The van der Waals surface area contributed by atoms with Gasteiger partial charge in [0.15, 0.2) is 0 Å². The maximum atomic E-state index is 2.43. The molecule has 2 fully saturated rings. The Bertz CT molecular complexity index is 172. The van der Waals surface area contributed by atoms with Crippen molar-refractivity contribution in [3.05, 3.63) is 0 Å². The van der Waals surface area contributed by atoms with E-state index in [1.165, 1.54) is 56.0 Å². The molecule has 0 N–H and O–H groups in total. The van der Waals surface area contributed by atoms with Gasteiger partial charge in [-0.2, -0.15) is 0 Å². The molecular formula is C14H30N+. The lowest BCUT2D eigenvalue weighted by Crippen LogP contribution is -2.56. The molecule has 0 aromatic rings. The molecule has 1 nitrogen and oxygen atoms in total. The number of hydrogen-bond donors (Lipinski definition) is 0. The lowest BCUT2D eigenvalue weighted by molar-refractivity contribution is -0.925. The molecule has 90 valence electrons. The molecule has 15 heavy (non-hydrogen) atoms. The van der Waals surface area contributed by atoms with Crippen LogP contribution in [0.3, 0.4) is 0 Å². The van der Waals surface area contributed by atoms with Crippen LogP contribution >= 0.6 is 0 Å². The van der Waals surface area contributed by atoms with Gasteiger partial charge in [-0.1, -0.05) is 26.7 Å². The Morgan fingerprint density at radius 2 is 1.47 bits per heavy atom. The first-order valence-electron chi connectivity index (χ1n) is 6.94. The molecule has 0 aromatic carbocycles. The Morgan fingerprint density at radius 3 is 2.07 bits per heavy atom. The third-order valence-electron chi connectivity index (χ3n) is 4.08. The summed E-state index contributed by atoms with van der Waals surface area (Å²) < 4.78 is 1.31. The van der Waals surface area contributed by atoms with Gasteiger partial charge in [0.2, 0.25) is 0 Å². The van der Waals surface area contributed by atoms with Gasteiger partial charge in [0.1, 0.15) is 0 Å². The molecule has 0 spiro atoms. The maximum absolute atomic E-state index is 2.43. The summed E-state index contributed by atoms with van der Waals surface area (Å²) in [5.41, 5.74) is 0. The molecule has 2 atom stereocenters. The van der Waals surface area contributed by atoms with Gasteiger partial charge in [0.05, 0.1) is 26.7 Å². The van der Waals surface area contributed by atoms with Crippen molar-refractivity contribution in [3.63, 3.8) is 0 Å². The fourth-order valence-corrected chi connectivity index (χ4v) is 3.37. The molecule has 1 heterocycles. The lowest BCUT2D eigenvalue weighted by Gasteiger charge is -2.48. The summed E-state index contributed by atoms with van der Waals surface area (Å²) in [7, 11) is 4.87. The minimum atomic E-state index is 1.01. The van der Waals surface area contributed by atoms with E-state index in [4.69, 9.17) is 0 Å². The number of nitrogens with zero attached hydrogens (tertiary/aromatic N) is 1. The van der Waals surface area contributed by atoms with Crippen molar-refractivity contribution in [1.82, 2.24) is 0 Å². The largest absolute Gasteiger partial charge is 0.326 e. The van der Waals surface area contributed by atoms with Gasteiger partial charge in [-0.05, 0) is 32.1 Å². The molecule has 2 aliphatic rings. The van der Waals surface area contributed by atoms with Crippen LogP contribution in [0.15, 0.2) is 0 Å². The molecule has 1 saturated carbocycles. The van der Waals surface area contributed by atoms with E-state index < -0.39 is 0 Å². The van der Waals surface area contributed by atoms with Crippen molar-refractivity contribution in [2.75, 3.05) is 20.6 Å². The van der Waals surface area contributed by atoms with E-state index in [1.54, 1.807) is 0 Å². The topological polar surface area (TPSA) is 0 Å². The number of hydrogen-bond acceptors (Lipinski definition) is 0. The van der Waals surface area contributed by atoms with Gasteiger partial charge in [0, 0.05) is 5.92 Å². The quantitative estimate of drug-likeness (QED) is 0.535. The van der Waals surface area contributed by atoms with Crippen LogP contribution in [0.5, 0.6) is 0 Å². The summed E-state index contributed by atoms with van der Waals surface area (Å²) >= 11 is 0. The average Bonchev–Trinajstić information content (AvgIpc) is 2.19. The molecule has 1 aliphatic heterocycles. The molecule has 2 unspecified atom stereocenters. The minimum absolute atomic E-state index is 1.01. The Hall–Kier alpha value is -0.0400. The highest BCUT2D eigenvalue weighted by atomic mass is 15.3. The summed E-state index contributed by atoms with van der Waals surface area (Å²) in [6, 6.07) is 1.01. The van der Waals surface area contributed by atoms with Crippen molar-refractivity contribution in [2.24, 2.45) is 5.92 Å². The number of rotatable bonds is 0. The summed E-state index contributed by atoms with van der Waals surface area (Å²) in [5.74, 6) is 1.07. The van der Waals surface area contributed by atoms with Gasteiger partial charge in [-0.3, -0.25) is 0 Å². The van der Waals surface area contributed by atoms with Crippen LogP contribution in [-0.2, 0) is 0 Å². The minimum Gasteiger partial charge on any atom is -0.326 e. The predicted octanol–water partition coefficient (Wildman–Crippen LogP) is 3.83. The highest BCUT2D eigenvalue weighted by Gasteiger charge is 2.39. The molecule has 0 radical (unpaired) electrons. The second kappa shape index (κ2) is 5.89. The van der Waals surface area contributed by atoms with Gasteiger partial charge in [0.25, 0.3) is 0 Å². The standard InChI is InChI=1S/C11H22N.C3H8/c1-12(2)9-5-7-10-6-3-4-8-11(10)12;1-3-2/h10-11H,3-9H2,1-2H3;3H2,1-2H3/q+1;. The van der Waals surface area contributed by atoms with Crippen molar-refractivity contribution in [1.29, 1.82) is 0 Å². The van der Waals surface area contributed by atoms with Gasteiger partial charge < -0.3 is 4.48 Å². The van der Waals surface area contributed by atoms with E-state index in [-0.39, 0.29) is 0 Å². The SMILES string of the molecule is CCC.C[N+]1(C)CCCC2CCCCC21. The molecule has 2 rings (SSSR count). The first-order valence-corrected chi connectivity index (χ1v) is 6.94. The van der Waals surface area contributed by atoms with Gasteiger partial charge in [-0.15, -0.1) is 0 Å². The van der Waals surface area contributed by atoms with E-state index in [2.05, 4.69) is 27.9 Å². The van der Waals surface area contributed by atoms with E-state index >= 15 is 0 Å². The first kappa shape index (κ1) is 13.0. The highest BCUT2D eigenvalue weighted by molar-refractivity contribution is 4.79. The second-order valence-corrected chi connectivity index (χ2v) is 5.96. The predicted molar refractivity (Wildman–Crippen MR) is 67.9 cm³/mol. The summed E-state index contributed by atoms with van der Waals surface area (Å²) in [4.78, 5) is 0. The lowest BCUT2D eigenvalue weighted by atomic mass is 9.77. The summed E-state index contributed by atoms with van der Waals surface area (Å²) in [6.45, 7) is 5.67. The third kappa shape index (κ3) is 3.48. The highest BCUT2D eigenvalue weighted by Crippen LogP contribution is 2.37. The van der Waals surface area contributed by atoms with Crippen molar-refractivity contribution in [2.45, 2.75) is 64.8 Å². The molecule has 0 amide bonds. The fourth-order valence-electron chi connectivity index (χ4n) is 3.37. The van der Waals surface area contributed by atoms with E-state index in [0.717, 1.165) is 12.0 Å². The van der Waals surface area contributed by atoms with Crippen LogP contribution in [-0.4, -0.2) is 31.2 Å². The van der Waals surface area contributed by atoms with E-state index in [0.29, 0.717) is 0 Å². The van der Waals surface area contributed by atoms with Gasteiger partial charge >= 0.3 is 0 Å². The van der Waals surface area contributed by atoms with Crippen LogP contribution < -0.4 is 0 Å². The van der Waals surface area contributed by atoms with Gasteiger partial charge in [-0.25, -0.2) is 0 Å². The average molecular weight is 212 g/mol. The molecular weight excluding hydrogens is 182 g/mol. The van der Waals surface area contributed by atoms with Crippen LogP contribution in [0, 0.1) is 5.92 Å². The molecule has 0 aromatic heterocycles. The molecule has 0 bridgehead atoms. The molecule has 1 aliphatic carbocycles. The van der Waals surface area contributed by atoms with Crippen LogP contribution in [0.25, 0.3) is 0 Å². The Morgan fingerprint density at radius 1 is 0.933 bits per heavy atom. The number of fused-ring (bicyclic) bond motifs is 1. The summed E-state index contributed by atoms with van der Waals surface area (Å²) in [6.07, 6.45) is 10.2. The number of likely N-dealkylation sites (tertiary alicyclic amines) is 1. The van der Waals surface area contributed by atoms with Crippen molar-refractivity contribution < 1.29 is 4.48 Å². The first-order chi connectivity index (χ1) is 7.11. The van der Waals surface area contributed by atoms with Crippen LogP contribution in [0.4, 0.5) is 0 Å². The monoisotopic (exact) mass is 212 g/mol. The Labute approximate surface area is 96.4 Å². The zero-order valence-electron chi connectivity index (χ0n) is 11.3. The van der Waals surface area contributed by atoms with Crippen molar-refractivity contribution >= 4 is 0 Å². The molecule has 1 heteroatoms. The Balaban J connectivity index is 0.000000337. The van der Waals surface area contributed by atoms with E-state index in [9.17, 15) is 0 Å². The van der Waals surface area contributed by atoms with Crippen LogP contribution in [0.2, 0.25) is 0 Å². The smallest absolute Gasteiger partial charge is 0.0914 e. The van der Waals surface area contributed by atoms with Crippen molar-refractivity contribution in [3.8, 4) is 0 Å². The maximum Gasteiger partial charge on any atom is 0.0914 e. The zero-order valence-corrected chi connectivity index (χ0v) is 11.3. The number of quaternary nitrogens is 1. The third-order valence-corrected chi connectivity index (χ3v) is 4.08. The number of piperidine rings is 1. The van der Waals surface area contributed by atoms with Crippen LogP contribution in [0.1, 0.15) is 58.8 Å². The fraction of sp³-hybridized carbons (Fsp3) is 1.00.